The van der Waals surface area contributed by atoms with Crippen LogP contribution in [0.1, 0.15) is 27.8 Å². The average Bonchev–Trinajstić information content (AvgIpc) is 2.78. The molecule has 34 heavy (non-hydrogen) atoms. The molecule has 3 N–H and O–H groups in total. The molecule has 0 spiro atoms. The third kappa shape index (κ3) is 4.50. The first-order valence-electron chi connectivity index (χ1n) is 11.1. The van der Waals surface area contributed by atoms with Gasteiger partial charge in [-0.15, -0.1) is 0 Å². The molecule has 0 atom stereocenters. The minimum atomic E-state index is 0.134. The van der Waals surface area contributed by atoms with Gasteiger partial charge < -0.3 is 25.0 Å². The number of anilines is 3. The summed E-state index contributed by atoms with van der Waals surface area (Å²) >= 11 is 0. The number of ether oxygens (including phenoxy) is 1. The van der Waals surface area contributed by atoms with Crippen LogP contribution in [0.15, 0.2) is 66.7 Å². The highest BCUT2D eigenvalue weighted by molar-refractivity contribution is 5.83. The van der Waals surface area contributed by atoms with Crippen molar-refractivity contribution in [3.8, 4) is 28.7 Å². The van der Waals surface area contributed by atoms with Crippen molar-refractivity contribution in [2.75, 3.05) is 4.90 Å². The van der Waals surface area contributed by atoms with Gasteiger partial charge in [0.15, 0.2) is 0 Å². The van der Waals surface area contributed by atoms with Gasteiger partial charge in [-0.1, -0.05) is 12.1 Å². The van der Waals surface area contributed by atoms with Crippen LogP contribution in [0.5, 0.6) is 28.7 Å². The maximum atomic E-state index is 10.6. The highest BCUT2D eigenvalue weighted by Gasteiger charge is 2.21. The van der Waals surface area contributed by atoms with Crippen molar-refractivity contribution >= 4 is 17.1 Å². The maximum absolute atomic E-state index is 10.6. The highest BCUT2D eigenvalue weighted by atomic mass is 16.5. The monoisotopic (exact) mass is 455 g/mol. The predicted octanol–water partition coefficient (Wildman–Crippen LogP) is 7.61. The Labute approximate surface area is 200 Å². The van der Waals surface area contributed by atoms with Crippen LogP contribution in [-0.4, -0.2) is 15.3 Å². The Bertz CT molecular complexity index is 1320. The molecule has 4 rings (SSSR count). The second-order valence-electron chi connectivity index (χ2n) is 8.74. The molecule has 0 aliphatic carbocycles. The molecule has 5 heteroatoms. The second-order valence-corrected chi connectivity index (χ2v) is 8.74. The summed E-state index contributed by atoms with van der Waals surface area (Å²) in [5.41, 5.74) is 6.59. The summed E-state index contributed by atoms with van der Waals surface area (Å²) in [4.78, 5) is 2.02. The molecule has 0 unspecified atom stereocenters. The normalized spacial score (nSPS) is 10.9. The lowest BCUT2D eigenvalue weighted by molar-refractivity contribution is 0.453. The SMILES string of the molecule is Cc1cc(O)c(C)c(N(c2cccc(Oc3cc(O)ccc3C)c2)c2cc(C)cc(O)c2C)c1. The van der Waals surface area contributed by atoms with Crippen molar-refractivity contribution < 1.29 is 20.1 Å². The summed E-state index contributed by atoms with van der Waals surface area (Å²) in [6.07, 6.45) is 0. The first-order chi connectivity index (χ1) is 16.1. The van der Waals surface area contributed by atoms with Gasteiger partial charge in [0.2, 0.25) is 0 Å². The van der Waals surface area contributed by atoms with Crippen LogP contribution in [0.25, 0.3) is 0 Å². The van der Waals surface area contributed by atoms with E-state index in [4.69, 9.17) is 4.74 Å². The first kappa shape index (κ1) is 23.1. The molecule has 0 amide bonds. The molecule has 0 aromatic heterocycles. The summed E-state index contributed by atoms with van der Waals surface area (Å²) in [7, 11) is 0. The summed E-state index contributed by atoms with van der Waals surface area (Å²) in [6.45, 7) is 9.54. The molecular formula is C29H29NO4. The van der Waals surface area contributed by atoms with E-state index < -0.39 is 0 Å². The molecule has 0 aliphatic heterocycles. The molecular weight excluding hydrogens is 426 g/mol. The van der Waals surface area contributed by atoms with Gasteiger partial charge in [0, 0.05) is 28.9 Å². The minimum Gasteiger partial charge on any atom is -0.508 e. The first-order valence-corrected chi connectivity index (χ1v) is 11.1. The molecule has 0 fully saturated rings. The number of hydrogen-bond acceptors (Lipinski definition) is 5. The van der Waals surface area contributed by atoms with Crippen LogP contribution in [0.3, 0.4) is 0 Å². The number of phenolic OH excluding ortho intramolecular Hbond substituents is 3. The Morgan fingerprint density at radius 2 is 1.24 bits per heavy atom. The van der Waals surface area contributed by atoms with Gasteiger partial charge in [0.05, 0.1) is 11.4 Å². The molecule has 0 heterocycles. The van der Waals surface area contributed by atoms with Gasteiger partial charge in [-0.05, 0) is 93.8 Å². The van der Waals surface area contributed by atoms with Crippen molar-refractivity contribution in [3.05, 3.63) is 94.5 Å². The molecule has 0 aliphatic rings. The standard InChI is InChI=1S/C29H29NO4/c1-17-11-25(20(4)27(32)13-17)30(26-12-18(2)14-28(33)21(26)5)22-7-6-8-24(15-22)34-29-16-23(31)10-9-19(29)3/h6-16,31-33H,1-5H3. The van der Waals surface area contributed by atoms with Crippen LogP contribution in [0, 0.1) is 34.6 Å². The minimum absolute atomic E-state index is 0.134. The van der Waals surface area contributed by atoms with Crippen molar-refractivity contribution in [1.82, 2.24) is 0 Å². The summed E-state index contributed by atoms with van der Waals surface area (Å²) in [6, 6.07) is 20.1. The fraction of sp³-hybridized carbons (Fsp3) is 0.172. The zero-order valence-electron chi connectivity index (χ0n) is 20.0. The number of rotatable bonds is 5. The quantitative estimate of drug-likeness (QED) is 0.289. The molecule has 4 aromatic rings. The second kappa shape index (κ2) is 9.02. The third-order valence-corrected chi connectivity index (χ3v) is 5.95. The Balaban J connectivity index is 1.91. The van der Waals surface area contributed by atoms with E-state index in [1.807, 2.05) is 75.9 Å². The zero-order chi connectivity index (χ0) is 24.6. The number of hydrogen-bond donors (Lipinski definition) is 3. The van der Waals surface area contributed by atoms with Gasteiger partial charge in [-0.2, -0.15) is 0 Å². The predicted molar refractivity (Wildman–Crippen MR) is 136 cm³/mol. The van der Waals surface area contributed by atoms with Gasteiger partial charge in [-0.3, -0.25) is 0 Å². The number of aromatic hydroxyl groups is 3. The van der Waals surface area contributed by atoms with E-state index in [1.54, 1.807) is 30.3 Å². The molecule has 0 saturated carbocycles. The van der Waals surface area contributed by atoms with Gasteiger partial charge in [-0.25, -0.2) is 0 Å². The Hall–Kier alpha value is -4.12. The number of nitrogens with zero attached hydrogens (tertiary/aromatic N) is 1. The van der Waals surface area contributed by atoms with Crippen molar-refractivity contribution in [3.63, 3.8) is 0 Å². The van der Waals surface area contributed by atoms with Crippen molar-refractivity contribution in [1.29, 1.82) is 0 Å². The Morgan fingerprint density at radius 3 is 1.82 bits per heavy atom. The third-order valence-electron chi connectivity index (χ3n) is 5.95. The fourth-order valence-corrected chi connectivity index (χ4v) is 4.03. The van der Waals surface area contributed by atoms with Crippen LogP contribution in [-0.2, 0) is 0 Å². The Morgan fingerprint density at radius 1 is 0.647 bits per heavy atom. The number of aryl methyl sites for hydroxylation is 3. The molecule has 174 valence electrons. The van der Waals surface area contributed by atoms with Crippen LogP contribution in [0.4, 0.5) is 17.1 Å². The maximum Gasteiger partial charge on any atom is 0.134 e. The number of benzene rings is 4. The van der Waals surface area contributed by atoms with E-state index >= 15 is 0 Å². The van der Waals surface area contributed by atoms with E-state index in [0.29, 0.717) is 11.5 Å². The van der Waals surface area contributed by atoms with E-state index in [-0.39, 0.29) is 17.2 Å². The van der Waals surface area contributed by atoms with E-state index in [0.717, 1.165) is 44.9 Å². The van der Waals surface area contributed by atoms with E-state index in [1.165, 1.54) is 0 Å². The lowest BCUT2D eigenvalue weighted by atomic mass is 10.0. The number of phenols is 3. The van der Waals surface area contributed by atoms with Crippen LogP contribution in [0.2, 0.25) is 0 Å². The van der Waals surface area contributed by atoms with Crippen molar-refractivity contribution in [2.24, 2.45) is 0 Å². The topological polar surface area (TPSA) is 73.2 Å². The Kier molecular flexibility index (Phi) is 6.12. The van der Waals surface area contributed by atoms with Crippen LogP contribution >= 0.6 is 0 Å². The van der Waals surface area contributed by atoms with E-state index in [2.05, 4.69) is 0 Å². The highest BCUT2D eigenvalue weighted by Crippen LogP contribution is 2.44. The molecule has 4 aromatic carbocycles. The lowest BCUT2D eigenvalue weighted by Crippen LogP contribution is -2.13. The summed E-state index contributed by atoms with van der Waals surface area (Å²) in [5.74, 6) is 1.71. The molecule has 5 nitrogen and oxygen atoms in total. The van der Waals surface area contributed by atoms with Gasteiger partial charge in [0.1, 0.15) is 28.7 Å². The van der Waals surface area contributed by atoms with Crippen molar-refractivity contribution in [2.45, 2.75) is 34.6 Å². The molecule has 0 bridgehead atoms. The fourth-order valence-electron chi connectivity index (χ4n) is 4.03. The van der Waals surface area contributed by atoms with Gasteiger partial charge >= 0.3 is 0 Å². The molecule has 0 saturated heterocycles. The van der Waals surface area contributed by atoms with E-state index in [9.17, 15) is 15.3 Å². The summed E-state index contributed by atoms with van der Waals surface area (Å²) in [5, 5.41) is 31.1. The van der Waals surface area contributed by atoms with Gasteiger partial charge in [0.25, 0.3) is 0 Å². The summed E-state index contributed by atoms with van der Waals surface area (Å²) < 4.78 is 6.12. The zero-order valence-corrected chi connectivity index (χ0v) is 20.0. The smallest absolute Gasteiger partial charge is 0.134 e. The molecule has 0 radical (unpaired) electrons. The lowest BCUT2D eigenvalue weighted by Gasteiger charge is -2.30. The van der Waals surface area contributed by atoms with Crippen LogP contribution < -0.4 is 9.64 Å². The average molecular weight is 456 g/mol. The largest absolute Gasteiger partial charge is 0.508 e.